The molecule has 0 bridgehead atoms. The summed E-state index contributed by atoms with van der Waals surface area (Å²) in [5.41, 5.74) is 5.97. The average Bonchev–Trinajstić information content (AvgIpc) is 2.16. The van der Waals surface area contributed by atoms with Crippen molar-refractivity contribution in [1.29, 1.82) is 0 Å². The van der Waals surface area contributed by atoms with Crippen LogP contribution in [0.5, 0.6) is 0 Å². The fraction of sp³-hybridized carbons (Fsp3) is 0.333. The topological polar surface area (TPSA) is 38.0 Å². The molecule has 1 aromatic rings. The van der Waals surface area contributed by atoms with E-state index in [1.807, 2.05) is 0 Å². The normalized spacial score (nSPS) is 12.5. The number of alkyl halides is 1. The van der Waals surface area contributed by atoms with Gasteiger partial charge in [-0.1, -0.05) is 11.6 Å². The fourth-order valence-corrected chi connectivity index (χ4v) is 1.01. The van der Waals surface area contributed by atoms with Gasteiger partial charge in [0.25, 0.3) is 0 Å². The molecule has 2 nitrogen and oxygen atoms in total. The van der Waals surface area contributed by atoms with Crippen LogP contribution in [0.4, 0.5) is 10.1 Å². The zero-order valence-electron chi connectivity index (χ0n) is 7.13. The minimum atomic E-state index is -1.00. The zero-order valence-corrected chi connectivity index (χ0v) is 7.89. The molecule has 13 heavy (non-hydrogen) atoms. The Kier molecular flexibility index (Phi) is 3.99. The molecule has 0 spiro atoms. The van der Waals surface area contributed by atoms with E-state index < -0.39 is 6.17 Å². The Bertz CT molecular complexity index is 250. The third kappa shape index (κ3) is 3.61. The van der Waals surface area contributed by atoms with Crippen molar-refractivity contribution in [2.24, 2.45) is 5.73 Å². The van der Waals surface area contributed by atoms with Crippen molar-refractivity contribution in [3.8, 4) is 0 Å². The van der Waals surface area contributed by atoms with Crippen LogP contribution in [0.2, 0.25) is 5.02 Å². The largest absolute Gasteiger partial charge is 0.382 e. The molecule has 0 saturated heterocycles. The van der Waals surface area contributed by atoms with Crippen molar-refractivity contribution in [2.45, 2.75) is 6.17 Å². The molecule has 72 valence electrons. The van der Waals surface area contributed by atoms with Crippen molar-refractivity contribution in [3.63, 3.8) is 0 Å². The van der Waals surface area contributed by atoms with Crippen LogP contribution < -0.4 is 11.1 Å². The molecule has 0 saturated carbocycles. The minimum absolute atomic E-state index is 0.0423. The number of hydrogen-bond acceptors (Lipinski definition) is 2. The summed E-state index contributed by atoms with van der Waals surface area (Å²) < 4.78 is 12.7. The number of hydrogen-bond donors (Lipinski definition) is 2. The van der Waals surface area contributed by atoms with Crippen molar-refractivity contribution in [1.82, 2.24) is 0 Å². The summed E-state index contributed by atoms with van der Waals surface area (Å²) in [6, 6.07) is 7.09. The Morgan fingerprint density at radius 2 is 2.00 bits per heavy atom. The maximum atomic E-state index is 12.7. The van der Waals surface area contributed by atoms with Crippen LogP contribution in [0, 0.1) is 0 Å². The molecule has 3 N–H and O–H groups in total. The van der Waals surface area contributed by atoms with Gasteiger partial charge in [0.05, 0.1) is 0 Å². The van der Waals surface area contributed by atoms with E-state index in [2.05, 4.69) is 5.32 Å². The lowest BCUT2D eigenvalue weighted by molar-refractivity contribution is 0.358. The predicted octanol–water partition coefficient (Wildman–Crippen LogP) is 2.05. The quantitative estimate of drug-likeness (QED) is 0.785. The van der Waals surface area contributed by atoms with Gasteiger partial charge in [-0.3, -0.25) is 0 Å². The third-order valence-electron chi connectivity index (χ3n) is 1.63. The summed E-state index contributed by atoms with van der Waals surface area (Å²) in [5, 5.41) is 3.58. The number of nitrogens with two attached hydrogens (primary N) is 1. The van der Waals surface area contributed by atoms with E-state index in [0.29, 0.717) is 5.02 Å². The molecule has 1 aromatic carbocycles. The molecule has 0 fully saturated rings. The van der Waals surface area contributed by atoms with Gasteiger partial charge in [-0.05, 0) is 24.3 Å². The maximum absolute atomic E-state index is 12.7. The van der Waals surface area contributed by atoms with Gasteiger partial charge in [0.1, 0.15) is 6.17 Å². The second kappa shape index (κ2) is 5.04. The van der Waals surface area contributed by atoms with Gasteiger partial charge < -0.3 is 11.1 Å². The summed E-state index contributed by atoms with van der Waals surface area (Å²) in [4.78, 5) is 0. The third-order valence-corrected chi connectivity index (χ3v) is 1.88. The molecule has 4 heteroatoms. The summed E-state index contributed by atoms with van der Waals surface area (Å²) in [5.74, 6) is 0. The Morgan fingerprint density at radius 3 is 2.54 bits per heavy atom. The Hall–Kier alpha value is -0.800. The Morgan fingerprint density at radius 1 is 1.38 bits per heavy atom. The summed E-state index contributed by atoms with van der Waals surface area (Å²) in [6.45, 7) is 0.277. The molecule has 0 amide bonds. The van der Waals surface area contributed by atoms with E-state index in [9.17, 15) is 4.39 Å². The van der Waals surface area contributed by atoms with Crippen LogP contribution in [-0.2, 0) is 0 Å². The first-order valence-electron chi connectivity index (χ1n) is 4.06. The van der Waals surface area contributed by atoms with Crippen LogP contribution >= 0.6 is 11.6 Å². The molecule has 1 atom stereocenters. The van der Waals surface area contributed by atoms with Crippen LogP contribution in [0.25, 0.3) is 0 Å². The van der Waals surface area contributed by atoms with E-state index in [1.54, 1.807) is 24.3 Å². The molecule has 0 aromatic heterocycles. The van der Waals surface area contributed by atoms with Gasteiger partial charge in [-0.25, -0.2) is 4.39 Å². The van der Waals surface area contributed by atoms with Crippen molar-refractivity contribution in [2.75, 3.05) is 18.4 Å². The van der Waals surface area contributed by atoms with Gasteiger partial charge in [0.15, 0.2) is 0 Å². The van der Waals surface area contributed by atoms with Crippen LogP contribution in [0.15, 0.2) is 24.3 Å². The summed E-state index contributed by atoms with van der Waals surface area (Å²) in [7, 11) is 0. The zero-order chi connectivity index (χ0) is 9.68. The van der Waals surface area contributed by atoms with E-state index in [1.165, 1.54) is 0 Å². The van der Waals surface area contributed by atoms with E-state index in [4.69, 9.17) is 17.3 Å². The lowest BCUT2D eigenvalue weighted by Crippen LogP contribution is -2.23. The Balaban J connectivity index is 2.41. The molecule has 0 radical (unpaired) electrons. The van der Waals surface area contributed by atoms with Crippen LogP contribution in [0.1, 0.15) is 0 Å². The highest BCUT2D eigenvalue weighted by Gasteiger charge is 2.01. The van der Waals surface area contributed by atoms with Gasteiger partial charge in [0.2, 0.25) is 0 Å². The minimum Gasteiger partial charge on any atom is -0.382 e. The lowest BCUT2D eigenvalue weighted by atomic mass is 10.3. The second-order valence-electron chi connectivity index (χ2n) is 2.72. The van der Waals surface area contributed by atoms with Crippen LogP contribution in [0.3, 0.4) is 0 Å². The van der Waals surface area contributed by atoms with E-state index in [0.717, 1.165) is 5.69 Å². The Labute approximate surface area is 81.9 Å². The molecule has 0 aliphatic rings. The van der Waals surface area contributed by atoms with Gasteiger partial charge in [-0.15, -0.1) is 0 Å². The van der Waals surface area contributed by atoms with E-state index >= 15 is 0 Å². The molecule has 1 rings (SSSR count). The standard InChI is InChI=1S/C9H12ClFN2/c10-7-1-3-9(4-2-7)13-6-8(11)5-12/h1-4,8,13H,5-6,12H2. The number of nitrogens with one attached hydrogen (secondary N) is 1. The SMILES string of the molecule is NCC(F)CNc1ccc(Cl)cc1. The highest BCUT2D eigenvalue weighted by atomic mass is 35.5. The second-order valence-corrected chi connectivity index (χ2v) is 3.16. The van der Waals surface area contributed by atoms with E-state index in [-0.39, 0.29) is 13.1 Å². The summed E-state index contributed by atoms with van der Waals surface area (Å²) >= 11 is 5.68. The molecular formula is C9H12ClFN2. The highest BCUT2D eigenvalue weighted by Crippen LogP contribution is 2.13. The van der Waals surface area contributed by atoms with Crippen molar-refractivity contribution >= 4 is 17.3 Å². The molecule has 0 heterocycles. The molecule has 1 unspecified atom stereocenters. The fourth-order valence-electron chi connectivity index (χ4n) is 0.880. The van der Waals surface area contributed by atoms with Crippen LogP contribution in [-0.4, -0.2) is 19.3 Å². The monoisotopic (exact) mass is 202 g/mol. The van der Waals surface area contributed by atoms with Gasteiger partial charge >= 0.3 is 0 Å². The smallest absolute Gasteiger partial charge is 0.129 e. The van der Waals surface area contributed by atoms with Gasteiger partial charge in [0, 0.05) is 23.8 Å². The van der Waals surface area contributed by atoms with Gasteiger partial charge in [-0.2, -0.15) is 0 Å². The van der Waals surface area contributed by atoms with Crippen molar-refractivity contribution < 1.29 is 4.39 Å². The first-order valence-corrected chi connectivity index (χ1v) is 4.43. The maximum Gasteiger partial charge on any atom is 0.129 e. The molecule has 0 aliphatic carbocycles. The predicted molar refractivity (Wildman–Crippen MR) is 53.9 cm³/mol. The first-order chi connectivity index (χ1) is 6.22. The number of anilines is 1. The number of halogens is 2. The lowest BCUT2D eigenvalue weighted by Gasteiger charge is -2.08. The average molecular weight is 203 g/mol. The molecule has 0 aliphatic heterocycles. The highest BCUT2D eigenvalue weighted by molar-refractivity contribution is 6.30. The molecular weight excluding hydrogens is 191 g/mol. The van der Waals surface area contributed by atoms with Crippen molar-refractivity contribution in [3.05, 3.63) is 29.3 Å². The summed E-state index contributed by atoms with van der Waals surface area (Å²) in [6.07, 6.45) is -1.00. The number of benzene rings is 1. The first kappa shape index (κ1) is 10.3. The number of rotatable bonds is 4.